The molecule has 0 aliphatic heterocycles. The van der Waals surface area contributed by atoms with Crippen molar-refractivity contribution < 1.29 is 24.1 Å². The van der Waals surface area contributed by atoms with Crippen LogP contribution in [0.3, 0.4) is 0 Å². The van der Waals surface area contributed by atoms with Crippen molar-refractivity contribution in [3.8, 4) is 17.2 Å². The Bertz CT molecular complexity index is 1120. The number of methoxy groups -OCH3 is 3. The van der Waals surface area contributed by atoms with Gasteiger partial charge in [0.05, 0.1) is 45.5 Å². The molecule has 1 amide bonds. The number of carbonyl (C=O) groups is 1. The Morgan fingerprint density at radius 3 is 2.47 bits per heavy atom. The van der Waals surface area contributed by atoms with Crippen LogP contribution in [0.15, 0.2) is 42.3 Å². The van der Waals surface area contributed by atoms with Crippen molar-refractivity contribution in [3.63, 3.8) is 0 Å². The SMILES string of the molecule is COc1cc2c(c(OC)c1OC)C1=CC=C(n3nccn3)[C@@H](O)C=C1[C@@H](NC(C)=O)CC2. The Labute approximate surface area is 186 Å². The minimum absolute atomic E-state index is 0.149. The normalized spacial score (nSPS) is 19.8. The van der Waals surface area contributed by atoms with E-state index in [-0.39, 0.29) is 11.9 Å². The highest BCUT2D eigenvalue weighted by Gasteiger charge is 2.33. The number of carbonyl (C=O) groups excluding carboxylic acids is 1. The smallest absolute Gasteiger partial charge is 0.217 e. The number of ether oxygens (including phenoxy) is 3. The molecule has 2 aliphatic rings. The molecule has 9 nitrogen and oxygen atoms in total. The summed E-state index contributed by atoms with van der Waals surface area (Å²) in [5, 5.41) is 22.3. The standard InChI is InChI=1S/C23H26N4O5/c1-13(28)26-17-7-5-14-11-20(30-2)22(31-3)23(32-4)21(14)15-6-8-18(19(29)12-16(15)17)27-24-9-10-25-27/h6,8-12,17,19,29H,5,7H2,1-4H3,(H,26,28)/t17-,19-/m0/s1. The number of aliphatic hydroxyl groups is 1. The van der Waals surface area contributed by atoms with E-state index in [9.17, 15) is 9.90 Å². The fraction of sp³-hybridized carbons (Fsp3) is 0.348. The van der Waals surface area contributed by atoms with E-state index >= 15 is 0 Å². The zero-order chi connectivity index (χ0) is 22.8. The Hall–Kier alpha value is -3.59. The lowest BCUT2D eigenvalue weighted by Gasteiger charge is -2.23. The number of aromatic nitrogens is 3. The molecule has 2 atom stereocenters. The maximum absolute atomic E-state index is 12.0. The number of benzene rings is 1. The molecule has 0 bridgehead atoms. The van der Waals surface area contributed by atoms with E-state index in [1.165, 1.54) is 11.7 Å². The molecule has 9 heteroatoms. The Morgan fingerprint density at radius 1 is 1.12 bits per heavy atom. The summed E-state index contributed by atoms with van der Waals surface area (Å²) in [5.74, 6) is 1.43. The minimum atomic E-state index is -0.977. The molecule has 32 heavy (non-hydrogen) atoms. The van der Waals surface area contributed by atoms with Gasteiger partial charge in [0, 0.05) is 12.5 Å². The number of allylic oxidation sites excluding steroid dienone is 2. The number of rotatable bonds is 5. The third-order valence-corrected chi connectivity index (χ3v) is 5.66. The molecule has 0 radical (unpaired) electrons. The second-order valence-corrected chi connectivity index (χ2v) is 7.53. The first-order valence-electron chi connectivity index (χ1n) is 10.3. The fourth-order valence-electron chi connectivity index (χ4n) is 4.32. The number of aryl methyl sites for hydroxylation is 1. The Balaban J connectivity index is 1.98. The molecule has 1 heterocycles. The number of amides is 1. The molecule has 0 spiro atoms. The van der Waals surface area contributed by atoms with Crippen molar-refractivity contribution in [3.05, 3.63) is 53.4 Å². The maximum Gasteiger partial charge on any atom is 0.217 e. The van der Waals surface area contributed by atoms with E-state index in [4.69, 9.17) is 14.2 Å². The Morgan fingerprint density at radius 2 is 1.84 bits per heavy atom. The van der Waals surface area contributed by atoms with Crippen LogP contribution in [-0.4, -0.2) is 59.5 Å². The van der Waals surface area contributed by atoms with Crippen LogP contribution in [0.5, 0.6) is 17.2 Å². The molecule has 0 saturated heterocycles. The molecule has 1 aromatic carbocycles. The predicted molar refractivity (Wildman–Crippen MR) is 118 cm³/mol. The van der Waals surface area contributed by atoms with Crippen LogP contribution in [0.1, 0.15) is 24.5 Å². The van der Waals surface area contributed by atoms with E-state index in [0.29, 0.717) is 35.8 Å². The fourth-order valence-corrected chi connectivity index (χ4v) is 4.32. The molecule has 0 unspecified atom stereocenters. The quantitative estimate of drug-likeness (QED) is 0.735. The molecule has 0 saturated carbocycles. The van der Waals surface area contributed by atoms with Gasteiger partial charge >= 0.3 is 0 Å². The molecule has 1 aromatic heterocycles. The van der Waals surface area contributed by atoms with Gasteiger partial charge in [0.15, 0.2) is 11.5 Å². The van der Waals surface area contributed by atoms with Crippen LogP contribution in [0.2, 0.25) is 0 Å². The van der Waals surface area contributed by atoms with Gasteiger partial charge in [-0.3, -0.25) is 4.79 Å². The third kappa shape index (κ3) is 3.75. The van der Waals surface area contributed by atoms with Gasteiger partial charge in [-0.2, -0.15) is 15.0 Å². The molecule has 2 aromatic rings. The summed E-state index contributed by atoms with van der Waals surface area (Å²) in [6, 6.07) is 1.63. The van der Waals surface area contributed by atoms with Gasteiger partial charge in [0.1, 0.15) is 6.10 Å². The third-order valence-electron chi connectivity index (χ3n) is 5.66. The van der Waals surface area contributed by atoms with E-state index in [1.807, 2.05) is 12.1 Å². The van der Waals surface area contributed by atoms with Crippen LogP contribution in [0.4, 0.5) is 0 Å². The highest BCUT2D eigenvalue weighted by molar-refractivity contribution is 5.91. The number of nitrogens with zero attached hydrogens (tertiary/aromatic N) is 3. The molecule has 2 N–H and O–H groups in total. The van der Waals surface area contributed by atoms with Gasteiger partial charge in [0.2, 0.25) is 11.7 Å². The molecular weight excluding hydrogens is 412 g/mol. The molecule has 0 fully saturated rings. The minimum Gasteiger partial charge on any atom is -0.493 e. The predicted octanol–water partition coefficient (Wildman–Crippen LogP) is 1.98. The number of nitrogens with one attached hydrogen (secondary N) is 1. The largest absolute Gasteiger partial charge is 0.493 e. The van der Waals surface area contributed by atoms with Crippen molar-refractivity contribution in [2.24, 2.45) is 0 Å². The number of aliphatic hydroxyl groups excluding tert-OH is 1. The topological polar surface area (TPSA) is 108 Å². The van der Waals surface area contributed by atoms with Crippen molar-refractivity contribution in [1.29, 1.82) is 0 Å². The molecular formula is C23H26N4O5. The summed E-state index contributed by atoms with van der Waals surface area (Å²) < 4.78 is 16.9. The van der Waals surface area contributed by atoms with Gasteiger partial charge in [-0.05, 0) is 47.8 Å². The first-order chi connectivity index (χ1) is 15.5. The number of fused-ring (bicyclic) bond motifs is 3. The first kappa shape index (κ1) is 21.6. The highest BCUT2D eigenvalue weighted by Crippen LogP contribution is 2.49. The molecule has 168 valence electrons. The lowest BCUT2D eigenvalue weighted by Crippen LogP contribution is -2.35. The molecule has 2 aliphatic carbocycles. The van der Waals surface area contributed by atoms with Crippen molar-refractivity contribution in [2.75, 3.05) is 21.3 Å². The average molecular weight is 438 g/mol. The van der Waals surface area contributed by atoms with E-state index in [1.54, 1.807) is 45.9 Å². The van der Waals surface area contributed by atoms with Gasteiger partial charge in [-0.1, -0.05) is 6.08 Å². The molecule has 4 rings (SSSR count). The lowest BCUT2D eigenvalue weighted by atomic mass is 9.91. The van der Waals surface area contributed by atoms with E-state index < -0.39 is 6.10 Å². The summed E-state index contributed by atoms with van der Waals surface area (Å²) >= 11 is 0. The van der Waals surface area contributed by atoms with Crippen molar-refractivity contribution >= 4 is 17.2 Å². The second kappa shape index (κ2) is 8.88. The van der Waals surface area contributed by atoms with Crippen LogP contribution >= 0.6 is 0 Å². The van der Waals surface area contributed by atoms with E-state index in [2.05, 4.69) is 15.5 Å². The first-order valence-corrected chi connectivity index (χ1v) is 10.3. The monoisotopic (exact) mass is 438 g/mol. The van der Waals surface area contributed by atoms with Crippen molar-refractivity contribution in [2.45, 2.75) is 31.9 Å². The highest BCUT2D eigenvalue weighted by atomic mass is 16.5. The van der Waals surface area contributed by atoms with Gasteiger partial charge < -0.3 is 24.6 Å². The van der Waals surface area contributed by atoms with Crippen LogP contribution in [0, 0.1) is 0 Å². The Kier molecular flexibility index (Phi) is 6.00. The summed E-state index contributed by atoms with van der Waals surface area (Å²) in [4.78, 5) is 13.4. The van der Waals surface area contributed by atoms with Crippen LogP contribution < -0.4 is 19.5 Å². The van der Waals surface area contributed by atoms with Crippen LogP contribution in [-0.2, 0) is 11.2 Å². The summed E-state index contributed by atoms with van der Waals surface area (Å²) in [6.45, 7) is 1.49. The second-order valence-electron chi connectivity index (χ2n) is 7.53. The summed E-state index contributed by atoms with van der Waals surface area (Å²) in [6.07, 6.45) is 8.83. The van der Waals surface area contributed by atoms with Crippen LogP contribution in [0.25, 0.3) is 11.3 Å². The average Bonchev–Trinajstić information content (AvgIpc) is 3.20. The van der Waals surface area contributed by atoms with E-state index in [0.717, 1.165) is 22.3 Å². The summed E-state index contributed by atoms with van der Waals surface area (Å²) in [7, 11) is 4.73. The number of hydrogen-bond donors (Lipinski definition) is 2. The van der Waals surface area contributed by atoms with Gasteiger partial charge in [-0.15, -0.1) is 0 Å². The zero-order valence-corrected chi connectivity index (χ0v) is 18.5. The van der Waals surface area contributed by atoms with Gasteiger partial charge in [0.25, 0.3) is 0 Å². The van der Waals surface area contributed by atoms with Gasteiger partial charge in [-0.25, -0.2) is 0 Å². The maximum atomic E-state index is 12.0. The zero-order valence-electron chi connectivity index (χ0n) is 18.5. The lowest BCUT2D eigenvalue weighted by molar-refractivity contribution is -0.119. The van der Waals surface area contributed by atoms with Crippen molar-refractivity contribution in [1.82, 2.24) is 20.3 Å². The summed E-state index contributed by atoms with van der Waals surface area (Å²) in [5.41, 5.74) is 3.92. The number of hydrogen-bond acceptors (Lipinski definition) is 7.